The summed E-state index contributed by atoms with van der Waals surface area (Å²) in [6, 6.07) is 13.4. The maximum Gasteiger partial charge on any atom is 0.200 e. The van der Waals surface area contributed by atoms with Crippen molar-refractivity contribution in [2.24, 2.45) is 4.99 Å². The highest BCUT2D eigenvalue weighted by Crippen LogP contribution is 2.08. The molecule has 3 aromatic rings. The third kappa shape index (κ3) is 4.04. The number of anilines is 2. The lowest BCUT2D eigenvalue weighted by Crippen LogP contribution is -2.23. The van der Waals surface area contributed by atoms with E-state index in [2.05, 4.69) is 20.3 Å². The van der Waals surface area contributed by atoms with Crippen LogP contribution in [-0.4, -0.2) is 28.6 Å². The highest BCUT2D eigenvalue weighted by atomic mass is 16.3. The third-order valence-electron chi connectivity index (χ3n) is 3.66. The summed E-state index contributed by atoms with van der Waals surface area (Å²) in [4.78, 5) is 11.2. The van der Waals surface area contributed by atoms with Crippen LogP contribution in [-0.2, 0) is 6.42 Å². The Kier molecular flexibility index (Phi) is 5.23. The highest BCUT2D eigenvalue weighted by molar-refractivity contribution is 5.95. The molecule has 132 valence electrons. The van der Waals surface area contributed by atoms with Crippen LogP contribution in [0.2, 0.25) is 0 Å². The molecule has 0 aliphatic carbocycles. The van der Waals surface area contributed by atoms with Crippen molar-refractivity contribution in [2.45, 2.75) is 6.42 Å². The number of furan rings is 1. The molecule has 1 aromatic carbocycles. The molecule has 8 heteroatoms. The first-order chi connectivity index (χ1) is 12.7. The lowest BCUT2D eigenvalue weighted by Gasteiger charge is -2.10. The van der Waals surface area contributed by atoms with E-state index in [0.29, 0.717) is 23.7 Å². The molecule has 0 saturated heterocycles. The second-order valence-corrected chi connectivity index (χ2v) is 5.48. The zero-order valence-corrected chi connectivity index (χ0v) is 14.0. The zero-order chi connectivity index (χ0) is 18.4. The number of hydrogen-bond donors (Lipinski definition) is 5. The van der Waals surface area contributed by atoms with Crippen molar-refractivity contribution in [1.82, 2.24) is 9.97 Å². The van der Waals surface area contributed by atoms with Gasteiger partial charge >= 0.3 is 0 Å². The van der Waals surface area contributed by atoms with Gasteiger partial charge in [-0.2, -0.15) is 4.98 Å². The Morgan fingerprint density at radius 1 is 1.27 bits per heavy atom. The number of benzene rings is 1. The number of H-pyrrole nitrogens is 1. The Hall–Kier alpha value is -3.68. The van der Waals surface area contributed by atoms with Crippen molar-refractivity contribution in [3.63, 3.8) is 0 Å². The number of aromatic nitrogens is 2. The van der Waals surface area contributed by atoms with Crippen LogP contribution < -0.4 is 16.5 Å². The van der Waals surface area contributed by atoms with Crippen LogP contribution in [0.5, 0.6) is 0 Å². The molecule has 26 heavy (non-hydrogen) atoms. The first kappa shape index (κ1) is 17.2. The minimum atomic E-state index is -0.0739. The average molecular weight is 349 g/mol. The molecule has 0 unspecified atom stereocenters. The van der Waals surface area contributed by atoms with Crippen molar-refractivity contribution in [2.75, 3.05) is 17.6 Å². The molecule has 6 N–H and O–H groups in total. The number of aromatic amines is 1. The Morgan fingerprint density at radius 2 is 2.08 bits per heavy atom. The molecule has 3 rings (SSSR count). The van der Waals surface area contributed by atoms with Crippen molar-refractivity contribution in [3.8, 4) is 0 Å². The van der Waals surface area contributed by atoms with E-state index >= 15 is 0 Å². The van der Waals surface area contributed by atoms with Crippen LogP contribution in [0.25, 0.3) is 0 Å². The van der Waals surface area contributed by atoms with Gasteiger partial charge in [-0.3, -0.25) is 5.41 Å². The Balaban J connectivity index is 1.85. The van der Waals surface area contributed by atoms with Crippen LogP contribution >= 0.6 is 0 Å². The maximum atomic E-state index is 8.01. The summed E-state index contributed by atoms with van der Waals surface area (Å²) in [6.07, 6.45) is 3.40. The van der Waals surface area contributed by atoms with Crippen LogP contribution in [0.15, 0.2) is 58.1 Å². The molecule has 0 saturated carbocycles. The number of nitrogens with one attached hydrogen (secondary N) is 4. The third-order valence-corrected chi connectivity index (χ3v) is 3.66. The normalized spacial score (nSPS) is 11.3. The van der Waals surface area contributed by atoms with E-state index in [0.717, 1.165) is 12.6 Å². The van der Waals surface area contributed by atoms with Gasteiger partial charge in [0.1, 0.15) is 11.3 Å². The summed E-state index contributed by atoms with van der Waals surface area (Å²) in [5.74, 6) is 0.834. The molecule has 0 atom stereocenters. The summed E-state index contributed by atoms with van der Waals surface area (Å²) >= 11 is 0. The van der Waals surface area contributed by atoms with E-state index in [1.807, 2.05) is 30.3 Å². The van der Waals surface area contributed by atoms with E-state index in [1.54, 1.807) is 12.1 Å². The first-order valence-electron chi connectivity index (χ1n) is 8.02. The minimum absolute atomic E-state index is 0.0739. The molecule has 2 aromatic heterocycles. The highest BCUT2D eigenvalue weighted by Gasteiger charge is 2.09. The van der Waals surface area contributed by atoms with Crippen molar-refractivity contribution < 1.29 is 4.42 Å². The van der Waals surface area contributed by atoms with Gasteiger partial charge in [-0.25, -0.2) is 4.99 Å². The predicted octanol–water partition coefficient (Wildman–Crippen LogP) is 2.16. The summed E-state index contributed by atoms with van der Waals surface area (Å²) < 4.78 is 5.16. The number of nitrogens with two attached hydrogens (primary N) is 1. The molecule has 0 spiro atoms. The molecule has 0 aliphatic heterocycles. The summed E-state index contributed by atoms with van der Waals surface area (Å²) in [6.45, 7) is 0.621. The van der Waals surface area contributed by atoms with E-state index in [-0.39, 0.29) is 17.3 Å². The van der Waals surface area contributed by atoms with Crippen LogP contribution in [0, 0.1) is 10.8 Å². The number of nitrogens with zero attached hydrogens (tertiary/aromatic N) is 2. The topological polar surface area (TPSA) is 140 Å². The molecule has 0 aliphatic rings. The van der Waals surface area contributed by atoms with Crippen LogP contribution in [0.4, 0.5) is 11.8 Å². The molecular formula is C18H19N7O. The molecule has 0 amide bonds. The van der Waals surface area contributed by atoms with Gasteiger partial charge in [0.15, 0.2) is 11.6 Å². The fourth-order valence-corrected chi connectivity index (χ4v) is 2.42. The van der Waals surface area contributed by atoms with Gasteiger partial charge in [0.05, 0.1) is 11.8 Å². The fourth-order valence-electron chi connectivity index (χ4n) is 2.42. The quantitative estimate of drug-likeness (QED) is 0.343. The van der Waals surface area contributed by atoms with Crippen molar-refractivity contribution >= 4 is 23.8 Å². The Labute approximate surface area is 149 Å². The van der Waals surface area contributed by atoms with Gasteiger partial charge in [0.25, 0.3) is 0 Å². The van der Waals surface area contributed by atoms with E-state index in [4.69, 9.17) is 21.0 Å². The molecule has 0 radical (unpaired) electrons. The van der Waals surface area contributed by atoms with Gasteiger partial charge in [-0.05, 0) is 24.1 Å². The van der Waals surface area contributed by atoms with E-state index in [1.165, 1.54) is 11.8 Å². The van der Waals surface area contributed by atoms with Gasteiger partial charge in [0, 0.05) is 12.8 Å². The van der Waals surface area contributed by atoms with Gasteiger partial charge < -0.3 is 25.9 Å². The van der Waals surface area contributed by atoms with Crippen molar-refractivity contribution in [3.05, 3.63) is 71.1 Å². The standard InChI is InChI=1S/C18H19N7O/c19-11-13-16(22-9-8-12-5-2-1-3-6-12)24-18(21)25-17(13)23-15(20)14-7-4-10-26-14/h1-7,10-11,19H,8-9H2,(H5,20,21,22,23,24,25). The van der Waals surface area contributed by atoms with Crippen molar-refractivity contribution in [1.29, 1.82) is 10.8 Å². The minimum Gasteiger partial charge on any atom is -0.461 e. The first-order valence-corrected chi connectivity index (χ1v) is 8.02. The number of hydrogen-bond acceptors (Lipinski definition) is 6. The SMILES string of the molecule is N=Cc1c(NCCc2ccccc2)nc(N)[nH]/c1=N\C(=N)c1ccco1. The predicted molar refractivity (Wildman–Crippen MR) is 101 cm³/mol. The van der Waals surface area contributed by atoms with E-state index in [9.17, 15) is 0 Å². The Bertz CT molecular complexity index is 959. The second-order valence-electron chi connectivity index (χ2n) is 5.48. The largest absolute Gasteiger partial charge is 0.461 e. The van der Waals surface area contributed by atoms with Gasteiger partial charge in [-0.15, -0.1) is 0 Å². The number of amidine groups is 1. The summed E-state index contributed by atoms with van der Waals surface area (Å²) in [5.41, 5.74) is 7.71. The van der Waals surface area contributed by atoms with Crippen LogP contribution in [0.1, 0.15) is 16.9 Å². The van der Waals surface area contributed by atoms with E-state index < -0.39 is 0 Å². The molecule has 2 heterocycles. The summed E-state index contributed by atoms with van der Waals surface area (Å²) in [5, 5.41) is 18.9. The summed E-state index contributed by atoms with van der Waals surface area (Å²) in [7, 11) is 0. The smallest absolute Gasteiger partial charge is 0.200 e. The molecular weight excluding hydrogens is 330 g/mol. The fraction of sp³-hybridized carbons (Fsp3) is 0.111. The molecule has 0 fully saturated rings. The monoisotopic (exact) mass is 349 g/mol. The zero-order valence-electron chi connectivity index (χ0n) is 14.0. The number of rotatable bonds is 6. The average Bonchev–Trinajstić information content (AvgIpc) is 3.17. The second kappa shape index (κ2) is 7.93. The lowest BCUT2D eigenvalue weighted by atomic mass is 10.1. The van der Waals surface area contributed by atoms with Gasteiger partial charge in [0.2, 0.25) is 5.95 Å². The maximum absolute atomic E-state index is 8.01. The lowest BCUT2D eigenvalue weighted by molar-refractivity contribution is 0.556. The Morgan fingerprint density at radius 3 is 2.77 bits per heavy atom. The molecule has 8 nitrogen and oxygen atoms in total. The number of nitrogen functional groups attached to an aromatic ring is 1. The van der Waals surface area contributed by atoms with Gasteiger partial charge in [-0.1, -0.05) is 30.3 Å². The van der Waals surface area contributed by atoms with Crippen LogP contribution in [0.3, 0.4) is 0 Å². The molecule has 0 bridgehead atoms.